The van der Waals surface area contributed by atoms with Gasteiger partial charge in [-0.3, -0.25) is 13.8 Å². The summed E-state index contributed by atoms with van der Waals surface area (Å²) in [5, 5.41) is 13.9. The first-order valence-electron chi connectivity index (χ1n) is 29.7. The Morgan fingerprint density at radius 1 is 0.500 bits per heavy atom. The number of allylic oxidation sites excluding steroid dienone is 9. The fourth-order valence-corrected chi connectivity index (χ4v) is 9.36. The summed E-state index contributed by atoms with van der Waals surface area (Å²) >= 11 is 0. The quantitative estimate of drug-likeness (QED) is 0.0243. The zero-order valence-electron chi connectivity index (χ0n) is 46.8. The lowest BCUT2D eigenvalue weighted by Crippen LogP contribution is -2.45. The standard InChI is InChI=1S/C61H115N2O6P/c1-6-8-10-12-14-16-18-20-21-22-23-24-25-26-27-28-29-30-31-32-33-34-35-36-37-38-39-40-41-43-45-47-49-51-53-55-61(65)62-59(58-69-70(66,67)68-57-56-63(3,4)5)60(64)54-52-50-48-46-44-42-19-17-15-13-11-9-7-2/h8,10,14,16,20-21,23-24,52,54,59-60,64H,6-7,9,11-13,15,17-19,22,25-51,53,55-58H2,1-5H3,(H-,62,65,66,67)/p+1/b10-8-,16-14-,21-20-,24-23-,54-52+. The fraction of sp³-hybridized carbons (Fsp3) is 0.820. The second-order valence-electron chi connectivity index (χ2n) is 21.3. The summed E-state index contributed by atoms with van der Waals surface area (Å²) in [4.78, 5) is 23.3. The number of amides is 1. The molecule has 0 aromatic carbocycles. The van der Waals surface area contributed by atoms with Gasteiger partial charge in [0, 0.05) is 6.42 Å². The molecular weight excluding hydrogens is 888 g/mol. The summed E-state index contributed by atoms with van der Waals surface area (Å²) in [6.07, 6.45) is 70.5. The van der Waals surface area contributed by atoms with Gasteiger partial charge in [0.05, 0.1) is 39.9 Å². The first-order valence-corrected chi connectivity index (χ1v) is 31.2. The number of hydrogen-bond donors (Lipinski definition) is 3. The molecule has 70 heavy (non-hydrogen) atoms. The minimum Gasteiger partial charge on any atom is -0.387 e. The van der Waals surface area contributed by atoms with Crippen LogP contribution in [0.15, 0.2) is 60.8 Å². The lowest BCUT2D eigenvalue weighted by Gasteiger charge is -2.25. The van der Waals surface area contributed by atoms with Gasteiger partial charge in [-0.25, -0.2) is 4.57 Å². The number of phosphoric acid groups is 1. The zero-order valence-corrected chi connectivity index (χ0v) is 47.7. The van der Waals surface area contributed by atoms with Crippen LogP contribution >= 0.6 is 7.82 Å². The van der Waals surface area contributed by atoms with Gasteiger partial charge in [0.15, 0.2) is 0 Å². The molecule has 410 valence electrons. The van der Waals surface area contributed by atoms with Gasteiger partial charge in [0.2, 0.25) is 5.91 Å². The van der Waals surface area contributed by atoms with E-state index in [1.807, 2.05) is 27.2 Å². The van der Waals surface area contributed by atoms with Crippen LogP contribution in [0.3, 0.4) is 0 Å². The summed E-state index contributed by atoms with van der Waals surface area (Å²) in [5.41, 5.74) is 0. The van der Waals surface area contributed by atoms with Crippen molar-refractivity contribution in [2.75, 3.05) is 40.9 Å². The van der Waals surface area contributed by atoms with Crippen molar-refractivity contribution in [2.45, 2.75) is 283 Å². The molecular formula is C61H116N2O6P+. The molecule has 1 amide bonds. The number of quaternary nitrogens is 1. The van der Waals surface area contributed by atoms with Crippen molar-refractivity contribution < 1.29 is 32.9 Å². The van der Waals surface area contributed by atoms with Gasteiger partial charge in [0.1, 0.15) is 13.2 Å². The molecule has 0 saturated carbocycles. The monoisotopic (exact) mass is 1000 g/mol. The summed E-state index contributed by atoms with van der Waals surface area (Å²) in [6.45, 7) is 4.72. The third-order valence-electron chi connectivity index (χ3n) is 13.2. The highest BCUT2D eigenvalue weighted by atomic mass is 31.2. The fourth-order valence-electron chi connectivity index (χ4n) is 8.62. The molecule has 3 N–H and O–H groups in total. The third-order valence-corrected chi connectivity index (χ3v) is 14.2. The van der Waals surface area contributed by atoms with Crippen LogP contribution in [-0.4, -0.2) is 73.4 Å². The van der Waals surface area contributed by atoms with Crippen LogP contribution in [0.1, 0.15) is 271 Å². The van der Waals surface area contributed by atoms with Crippen LogP contribution < -0.4 is 5.32 Å². The second kappa shape index (κ2) is 52.1. The largest absolute Gasteiger partial charge is 0.472 e. The minimum atomic E-state index is -4.34. The highest BCUT2D eigenvalue weighted by Gasteiger charge is 2.27. The van der Waals surface area contributed by atoms with Gasteiger partial charge < -0.3 is 19.8 Å². The van der Waals surface area contributed by atoms with E-state index < -0.39 is 20.0 Å². The Kier molecular flexibility index (Phi) is 50.7. The number of aliphatic hydroxyl groups is 1. The normalized spacial score (nSPS) is 14.3. The van der Waals surface area contributed by atoms with Gasteiger partial charge in [-0.1, -0.05) is 267 Å². The van der Waals surface area contributed by atoms with E-state index in [9.17, 15) is 19.4 Å². The van der Waals surface area contributed by atoms with E-state index >= 15 is 0 Å². The number of unbranched alkanes of at least 4 members (excludes halogenated alkanes) is 33. The van der Waals surface area contributed by atoms with E-state index in [0.717, 1.165) is 64.2 Å². The summed E-state index contributed by atoms with van der Waals surface area (Å²) in [5.74, 6) is -0.175. The van der Waals surface area contributed by atoms with Crippen molar-refractivity contribution >= 4 is 13.7 Å². The van der Waals surface area contributed by atoms with Gasteiger partial charge in [-0.2, -0.15) is 0 Å². The second-order valence-corrected chi connectivity index (χ2v) is 22.8. The molecule has 0 fully saturated rings. The number of nitrogens with one attached hydrogen (secondary N) is 1. The topological polar surface area (TPSA) is 105 Å². The molecule has 9 heteroatoms. The lowest BCUT2D eigenvalue weighted by molar-refractivity contribution is -0.870. The number of carbonyl (C=O) groups excluding carboxylic acids is 1. The molecule has 3 unspecified atom stereocenters. The SMILES string of the molecule is CC/C=C\C/C=C\C/C=C\C/C=C\CCCCCCCCCCCCCCCCCCCCCCCCC(=O)NC(COP(=O)(O)OCC[N+](C)(C)C)C(O)/C=C/CCCCCCCCCCCCC. The van der Waals surface area contributed by atoms with Crippen molar-refractivity contribution in [2.24, 2.45) is 0 Å². The van der Waals surface area contributed by atoms with Crippen LogP contribution in [0.25, 0.3) is 0 Å². The Balaban J connectivity index is 3.96. The molecule has 0 rings (SSSR count). The van der Waals surface area contributed by atoms with Crippen molar-refractivity contribution in [3.63, 3.8) is 0 Å². The van der Waals surface area contributed by atoms with E-state index in [2.05, 4.69) is 67.8 Å². The molecule has 0 spiro atoms. The Morgan fingerprint density at radius 3 is 1.26 bits per heavy atom. The van der Waals surface area contributed by atoms with Crippen molar-refractivity contribution in [1.82, 2.24) is 5.32 Å². The van der Waals surface area contributed by atoms with Gasteiger partial charge >= 0.3 is 7.82 Å². The molecule has 0 aliphatic rings. The highest BCUT2D eigenvalue weighted by molar-refractivity contribution is 7.47. The maximum absolute atomic E-state index is 13.0. The summed E-state index contributed by atoms with van der Waals surface area (Å²) in [6, 6.07) is -0.845. The number of rotatable bonds is 54. The molecule has 0 radical (unpaired) electrons. The van der Waals surface area contributed by atoms with Gasteiger partial charge in [-0.05, 0) is 57.8 Å². The maximum Gasteiger partial charge on any atom is 0.472 e. The third kappa shape index (κ3) is 54.0. The molecule has 0 aliphatic heterocycles. The van der Waals surface area contributed by atoms with Crippen molar-refractivity contribution in [1.29, 1.82) is 0 Å². The molecule has 3 atom stereocenters. The average molecular weight is 1000 g/mol. The number of hydrogen-bond acceptors (Lipinski definition) is 5. The number of nitrogens with zero attached hydrogens (tertiary/aromatic N) is 1. The van der Waals surface area contributed by atoms with E-state index in [1.54, 1.807) is 6.08 Å². The molecule has 0 heterocycles. The Bertz CT molecular complexity index is 1320. The Hall–Kier alpha value is -1.80. The molecule has 0 aromatic rings. The Labute approximate surface area is 434 Å². The van der Waals surface area contributed by atoms with E-state index in [-0.39, 0.29) is 19.1 Å². The van der Waals surface area contributed by atoms with E-state index in [0.29, 0.717) is 17.4 Å². The molecule has 0 aromatic heterocycles. The molecule has 0 aliphatic carbocycles. The number of carbonyl (C=O) groups is 1. The van der Waals surface area contributed by atoms with Crippen LogP contribution in [0.4, 0.5) is 0 Å². The highest BCUT2D eigenvalue weighted by Crippen LogP contribution is 2.43. The van der Waals surface area contributed by atoms with Crippen LogP contribution in [0, 0.1) is 0 Å². The molecule has 0 saturated heterocycles. The van der Waals surface area contributed by atoms with Crippen LogP contribution in [0.5, 0.6) is 0 Å². The zero-order chi connectivity index (χ0) is 51.3. The van der Waals surface area contributed by atoms with E-state index in [4.69, 9.17) is 9.05 Å². The summed E-state index contributed by atoms with van der Waals surface area (Å²) in [7, 11) is 1.58. The van der Waals surface area contributed by atoms with Crippen LogP contribution in [0.2, 0.25) is 0 Å². The van der Waals surface area contributed by atoms with Crippen LogP contribution in [-0.2, 0) is 18.4 Å². The first kappa shape index (κ1) is 68.2. The first-order chi connectivity index (χ1) is 34.0. The van der Waals surface area contributed by atoms with Gasteiger partial charge in [-0.15, -0.1) is 0 Å². The minimum absolute atomic E-state index is 0.0621. The predicted octanol–water partition coefficient (Wildman–Crippen LogP) is 18.1. The summed E-state index contributed by atoms with van der Waals surface area (Å²) < 4.78 is 23.7. The maximum atomic E-state index is 13.0. The molecule has 0 bridgehead atoms. The molecule has 8 nitrogen and oxygen atoms in total. The van der Waals surface area contributed by atoms with Crippen molar-refractivity contribution in [3.8, 4) is 0 Å². The van der Waals surface area contributed by atoms with Crippen molar-refractivity contribution in [3.05, 3.63) is 60.8 Å². The lowest BCUT2D eigenvalue weighted by atomic mass is 10.0. The number of aliphatic hydroxyl groups excluding tert-OH is 1. The van der Waals surface area contributed by atoms with Gasteiger partial charge in [0.25, 0.3) is 0 Å². The smallest absolute Gasteiger partial charge is 0.387 e. The van der Waals surface area contributed by atoms with E-state index in [1.165, 1.54) is 186 Å². The number of likely N-dealkylation sites (N-methyl/N-ethyl adjacent to an activating group) is 1. The number of phosphoric ester groups is 1. The Morgan fingerprint density at radius 2 is 0.857 bits per heavy atom. The predicted molar refractivity (Wildman–Crippen MR) is 304 cm³/mol. The average Bonchev–Trinajstić information content (AvgIpc) is 3.32.